The van der Waals surface area contributed by atoms with Gasteiger partial charge in [0.25, 0.3) is 0 Å². The first kappa shape index (κ1) is 22.7. The molecule has 33 heavy (non-hydrogen) atoms. The van der Waals surface area contributed by atoms with Gasteiger partial charge in [-0.3, -0.25) is 14.5 Å². The predicted octanol–water partition coefficient (Wildman–Crippen LogP) is 5.99. The first-order valence-electron chi connectivity index (χ1n) is 11.0. The van der Waals surface area contributed by atoms with Crippen molar-refractivity contribution >= 4 is 44.9 Å². The Balaban J connectivity index is 1.31. The van der Waals surface area contributed by atoms with E-state index in [2.05, 4.69) is 16.0 Å². The number of nitrogens with one attached hydrogen (secondary N) is 1. The summed E-state index contributed by atoms with van der Waals surface area (Å²) in [4.78, 5) is 33.9. The third-order valence-electron chi connectivity index (χ3n) is 5.68. The number of fused-ring (bicyclic) bond motifs is 1. The highest BCUT2D eigenvalue weighted by molar-refractivity contribution is 7.14. The van der Waals surface area contributed by atoms with Crippen molar-refractivity contribution in [3.05, 3.63) is 76.4 Å². The number of amides is 1. The van der Waals surface area contributed by atoms with E-state index in [1.165, 1.54) is 34.8 Å². The van der Waals surface area contributed by atoms with Gasteiger partial charge in [0, 0.05) is 35.8 Å². The van der Waals surface area contributed by atoms with Crippen LogP contribution in [-0.2, 0) is 27.4 Å². The van der Waals surface area contributed by atoms with Crippen molar-refractivity contribution in [2.24, 2.45) is 0 Å². The Morgan fingerprint density at radius 1 is 1.12 bits per heavy atom. The number of nitrogens with zero attached hydrogens (tertiary/aromatic N) is 2. The van der Waals surface area contributed by atoms with E-state index >= 15 is 0 Å². The Bertz CT molecular complexity index is 1290. The fraction of sp³-hybridized carbons (Fsp3) is 0.269. The van der Waals surface area contributed by atoms with Crippen LogP contribution >= 0.6 is 11.3 Å². The summed E-state index contributed by atoms with van der Waals surface area (Å²) >= 11 is 1.36. The molecule has 0 aliphatic heterocycles. The van der Waals surface area contributed by atoms with Gasteiger partial charge in [-0.2, -0.15) is 0 Å². The minimum Gasteiger partial charge on any atom is -0.459 e. The summed E-state index contributed by atoms with van der Waals surface area (Å²) in [5.41, 5.74) is 6.00. The zero-order valence-electron chi connectivity index (χ0n) is 19.1. The number of benzene rings is 2. The van der Waals surface area contributed by atoms with E-state index in [1.54, 1.807) is 4.90 Å². The van der Waals surface area contributed by atoms with Crippen LogP contribution in [0.4, 0.5) is 10.8 Å². The SMILES string of the molecule is CC(=O)N(c1ccc(C)c(C)c1)c1nc(COC(=O)CCCc2c[nH]c3ccccc23)cs1. The maximum atomic E-state index is 12.3. The molecular weight excluding hydrogens is 434 g/mol. The number of thiazole rings is 1. The number of ether oxygens (including phenoxy) is 1. The lowest BCUT2D eigenvalue weighted by atomic mass is 10.1. The fourth-order valence-corrected chi connectivity index (χ4v) is 4.62. The fourth-order valence-electron chi connectivity index (χ4n) is 3.75. The zero-order chi connectivity index (χ0) is 23.4. The van der Waals surface area contributed by atoms with Gasteiger partial charge in [-0.1, -0.05) is 24.3 Å². The number of hydrogen-bond donors (Lipinski definition) is 1. The van der Waals surface area contributed by atoms with Gasteiger partial charge in [0.05, 0.1) is 11.4 Å². The number of H-pyrrole nitrogens is 1. The largest absolute Gasteiger partial charge is 0.459 e. The number of para-hydroxylation sites is 1. The highest BCUT2D eigenvalue weighted by atomic mass is 32.1. The van der Waals surface area contributed by atoms with Gasteiger partial charge >= 0.3 is 5.97 Å². The second-order valence-electron chi connectivity index (χ2n) is 8.12. The molecule has 0 spiro atoms. The van der Waals surface area contributed by atoms with Crippen molar-refractivity contribution < 1.29 is 14.3 Å². The van der Waals surface area contributed by atoms with Crippen LogP contribution in [0.25, 0.3) is 10.9 Å². The Morgan fingerprint density at radius 2 is 1.94 bits per heavy atom. The van der Waals surface area contributed by atoms with E-state index < -0.39 is 0 Å². The van der Waals surface area contributed by atoms with Gasteiger partial charge in [-0.25, -0.2) is 4.98 Å². The van der Waals surface area contributed by atoms with E-state index in [0.29, 0.717) is 23.7 Å². The van der Waals surface area contributed by atoms with Gasteiger partial charge in [0.1, 0.15) is 6.61 Å². The maximum absolute atomic E-state index is 12.3. The Morgan fingerprint density at radius 3 is 2.73 bits per heavy atom. The van der Waals surface area contributed by atoms with Crippen molar-refractivity contribution in [2.75, 3.05) is 4.90 Å². The summed E-state index contributed by atoms with van der Waals surface area (Å²) < 4.78 is 5.42. The molecule has 0 aliphatic carbocycles. The van der Waals surface area contributed by atoms with Crippen LogP contribution in [0.1, 0.15) is 42.1 Å². The quantitative estimate of drug-likeness (QED) is 0.327. The summed E-state index contributed by atoms with van der Waals surface area (Å²) in [6.45, 7) is 5.67. The zero-order valence-corrected chi connectivity index (χ0v) is 19.9. The number of hydrogen-bond acceptors (Lipinski definition) is 5. The van der Waals surface area contributed by atoms with Gasteiger partial charge in [0.2, 0.25) is 5.91 Å². The molecule has 1 amide bonds. The molecule has 4 rings (SSSR count). The van der Waals surface area contributed by atoms with Crippen molar-refractivity contribution in [1.29, 1.82) is 0 Å². The number of aromatic nitrogens is 2. The number of rotatable bonds is 8. The molecule has 0 fully saturated rings. The summed E-state index contributed by atoms with van der Waals surface area (Å²) in [5.74, 6) is -0.365. The lowest BCUT2D eigenvalue weighted by Gasteiger charge is -2.19. The van der Waals surface area contributed by atoms with Crippen LogP contribution in [0.15, 0.2) is 54.0 Å². The molecule has 170 valence electrons. The molecule has 0 saturated heterocycles. The number of aromatic amines is 1. The molecule has 0 saturated carbocycles. The number of esters is 1. The molecule has 0 atom stereocenters. The van der Waals surface area contributed by atoms with Gasteiger partial charge in [-0.15, -0.1) is 11.3 Å². The smallest absolute Gasteiger partial charge is 0.306 e. The standard InChI is InChI=1S/C26H27N3O3S/c1-17-11-12-22(13-18(17)2)29(19(3)30)26-28-21(16-33-26)15-32-25(31)10-6-7-20-14-27-24-9-5-4-8-23(20)24/h4-5,8-9,11-14,16,27H,6-7,10,15H2,1-3H3. The normalized spacial score (nSPS) is 11.0. The van der Waals surface area contributed by atoms with E-state index in [0.717, 1.165) is 23.2 Å². The highest BCUT2D eigenvalue weighted by Gasteiger charge is 2.19. The average Bonchev–Trinajstić information content (AvgIpc) is 3.42. The van der Waals surface area contributed by atoms with Gasteiger partial charge < -0.3 is 9.72 Å². The summed E-state index contributed by atoms with van der Waals surface area (Å²) in [7, 11) is 0. The summed E-state index contributed by atoms with van der Waals surface area (Å²) in [5, 5.41) is 3.58. The molecule has 1 N–H and O–H groups in total. The molecule has 2 aromatic heterocycles. The van der Waals surface area contributed by atoms with E-state index in [4.69, 9.17) is 4.74 Å². The molecule has 0 radical (unpaired) electrons. The average molecular weight is 462 g/mol. The van der Waals surface area contributed by atoms with E-state index in [9.17, 15) is 9.59 Å². The van der Waals surface area contributed by atoms with Crippen molar-refractivity contribution in [1.82, 2.24) is 9.97 Å². The minimum atomic E-state index is -0.248. The Kier molecular flexibility index (Phi) is 6.89. The van der Waals surface area contributed by atoms with Crippen LogP contribution in [0, 0.1) is 13.8 Å². The van der Waals surface area contributed by atoms with Crippen LogP contribution < -0.4 is 4.90 Å². The highest BCUT2D eigenvalue weighted by Crippen LogP contribution is 2.30. The first-order valence-corrected chi connectivity index (χ1v) is 11.8. The number of carbonyl (C=O) groups excluding carboxylic acids is 2. The molecule has 7 heteroatoms. The first-order chi connectivity index (χ1) is 15.9. The molecule has 2 aromatic carbocycles. The lowest BCUT2D eigenvalue weighted by molar-refractivity contribution is -0.145. The monoisotopic (exact) mass is 461 g/mol. The minimum absolute atomic E-state index is 0.0983. The van der Waals surface area contributed by atoms with Gasteiger partial charge in [-0.05, 0) is 61.6 Å². The van der Waals surface area contributed by atoms with Crippen LogP contribution in [0.5, 0.6) is 0 Å². The molecule has 0 bridgehead atoms. The van der Waals surface area contributed by atoms with Crippen molar-refractivity contribution in [3.8, 4) is 0 Å². The topological polar surface area (TPSA) is 75.3 Å². The number of anilines is 2. The van der Waals surface area contributed by atoms with E-state index in [1.807, 2.05) is 61.8 Å². The molecular formula is C26H27N3O3S. The third kappa shape index (κ3) is 5.31. The third-order valence-corrected chi connectivity index (χ3v) is 6.55. The summed E-state index contributed by atoms with van der Waals surface area (Å²) in [6.07, 6.45) is 3.87. The second-order valence-corrected chi connectivity index (χ2v) is 8.95. The van der Waals surface area contributed by atoms with Gasteiger partial charge in [0.15, 0.2) is 5.13 Å². The van der Waals surface area contributed by atoms with Crippen LogP contribution in [-0.4, -0.2) is 21.8 Å². The van der Waals surface area contributed by atoms with E-state index in [-0.39, 0.29) is 18.5 Å². The Hall–Kier alpha value is -3.45. The molecule has 0 unspecified atom stereocenters. The maximum Gasteiger partial charge on any atom is 0.306 e. The van der Waals surface area contributed by atoms with Crippen molar-refractivity contribution in [3.63, 3.8) is 0 Å². The molecule has 6 nitrogen and oxygen atoms in total. The Labute approximate surface area is 197 Å². The number of carbonyl (C=O) groups is 2. The summed E-state index contributed by atoms with van der Waals surface area (Å²) in [6, 6.07) is 14.0. The predicted molar refractivity (Wildman–Crippen MR) is 132 cm³/mol. The van der Waals surface area contributed by atoms with Crippen LogP contribution in [0.2, 0.25) is 0 Å². The molecule has 4 aromatic rings. The van der Waals surface area contributed by atoms with Crippen LogP contribution in [0.3, 0.4) is 0 Å². The lowest BCUT2D eigenvalue weighted by Crippen LogP contribution is -2.22. The second kappa shape index (κ2) is 10.0. The molecule has 2 heterocycles. The van der Waals surface area contributed by atoms with Crippen molar-refractivity contribution in [2.45, 2.75) is 46.6 Å². The number of aryl methyl sites for hydroxylation is 3. The molecule has 0 aliphatic rings.